The molecule has 0 heterocycles. The van der Waals surface area contributed by atoms with Gasteiger partial charge in [-0.1, -0.05) is 25.3 Å². The number of unbranched alkanes of at least 4 members (excludes halogenated alkanes) is 1. The molecule has 3 nitrogen and oxygen atoms in total. The van der Waals surface area contributed by atoms with Gasteiger partial charge in [0.15, 0.2) is 0 Å². The molecule has 0 amide bonds. The molecule has 0 aromatic carbocycles. The summed E-state index contributed by atoms with van der Waals surface area (Å²) in [7, 11) is -1.40. The van der Waals surface area contributed by atoms with E-state index in [2.05, 4.69) is 25.3 Å². The van der Waals surface area contributed by atoms with Gasteiger partial charge >= 0.3 is 5.97 Å². The third-order valence-corrected chi connectivity index (χ3v) is 3.21. The van der Waals surface area contributed by atoms with Crippen molar-refractivity contribution in [2.45, 2.75) is 45.8 Å². The summed E-state index contributed by atoms with van der Waals surface area (Å²) in [5.74, 6) is -0.192. The molecule has 1 N–H and O–H groups in total. The number of esters is 1. The lowest BCUT2D eigenvalue weighted by molar-refractivity contribution is -0.138. The first-order valence-electron chi connectivity index (χ1n) is 5.90. The minimum atomic E-state index is -1.40. The highest BCUT2D eigenvalue weighted by Gasteiger charge is 2.16. The van der Waals surface area contributed by atoms with E-state index in [9.17, 15) is 4.79 Å². The second-order valence-electron chi connectivity index (χ2n) is 4.94. The van der Waals surface area contributed by atoms with Crippen molar-refractivity contribution in [2.24, 2.45) is 0 Å². The molecule has 0 radical (unpaired) electrons. The molecule has 4 heteroatoms. The summed E-state index contributed by atoms with van der Waals surface area (Å²) in [6, 6.07) is 0. The summed E-state index contributed by atoms with van der Waals surface area (Å²) in [4.78, 5) is 11.7. The van der Waals surface area contributed by atoms with E-state index in [0.717, 1.165) is 18.4 Å². The number of rotatable bonds is 7. The Labute approximate surface area is 99.5 Å². The van der Waals surface area contributed by atoms with E-state index in [1.54, 1.807) is 0 Å². The summed E-state index contributed by atoms with van der Waals surface area (Å²) < 4.78 is 5.03. The van der Waals surface area contributed by atoms with Gasteiger partial charge in [-0.15, -0.1) is 0 Å². The van der Waals surface area contributed by atoms with Gasteiger partial charge in [0.1, 0.15) is 0 Å². The zero-order chi connectivity index (χ0) is 12.6. The van der Waals surface area contributed by atoms with Gasteiger partial charge in [0.25, 0.3) is 0 Å². The van der Waals surface area contributed by atoms with Crippen molar-refractivity contribution in [1.29, 1.82) is 0 Å². The number of carbonyl (C=O) groups excluding carboxylic acids is 1. The van der Waals surface area contributed by atoms with Crippen LogP contribution in [0.4, 0.5) is 0 Å². The fourth-order valence-electron chi connectivity index (χ4n) is 1.41. The molecule has 0 aliphatic carbocycles. The zero-order valence-electron chi connectivity index (χ0n) is 10.9. The average Bonchev–Trinajstić information content (AvgIpc) is 2.15. The maximum atomic E-state index is 11.7. The lowest BCUT2D eigenvalue weighted by atomic mass is 10.1. The van der Waals surface area contributed by atoms with E-state index < -0.39 is 8.07 Å². The predicted molar refractivity (Wildman–Crippen MR) is 69.0 cm³/mol. The van der Waals surface area contributed by atoms with E-state index in [1.807, 2.05) is 6.92 Å². The number of ether oxygens (including phenoxy) is 1. The highest BCUT2D eigenvalue weighted by Crippen LogP contribution is 2.14. The van der Waals surface area contributed by atoms with Gasteiger partial charge in [-0.05, 0) is 26.2 Å². The molecule has 0 spiro atoms. The van der Waals surface area contributed by atoms with Gasteiger partial charge in [0.05, 0.1) is 14.7 Å². The molecule has 0 aliphatic rings. The van der Waals surface area contributed by atoms with E-state index in [-0.39, 0.29) is 12.6 Å². The molecular weight excluding hydrogens is 220 g/mol. The first-order chi connectivity index (χ1) is 7.40. The van der Waals surface area contributed by atoms with Crippen LogP contribution in [0.2, 0.25) is 19.6 Å². The Morgan fingerprint density at radius 3 is 2.38 bits per heavy atom. The number of aliphatic hydroxyl groups is 1. The SMILES string of the molecule is CCOC(=O)C(=C[Si](C)(C)C)CCCCO. The zero-order valence-corrected chi connectivity index (χ0v) is 11.9. The van der Waals surface area contributed by atoms with Crippen LogP contribution < -0.4 is 0 Å². The van der Waals surface area contributed by atoms with Gasteiger partial charge in [-0.25, -0.2) is 4.79 Å². The molecule has 16 heavy (non-hydrogen) atoms. The van der Waals surface area contributed by atoms with E-state index in [4.69, 9.17) is 9.84 Å². The standard InChI is InChI=1S/C12H24O3Si/c1-5-15-12(14)11(8-6-7-9-13)10-16(2,3)4/h10,13H,5-9H2,1-4H3. The molecule has 0 bridgehead atoms. The van der Waals surface area contributed by atoms with Crippen LogP contribution in [0.5, 0.6) is 0 Å². The largest absolute Gasteiger partial charge is 0.463 e. The summed E-state index contributed by atoms with van der Waals surface area (Å²) in [5.41, 5.74) is 2.89. The van der Waals surface area contributed by atoms with Crippen LogP contribution in [-0.4, -0.2) is 32.4 Å². The van der Waals surface area contributed by atoms with Crippen molar-refractivity contribution in [2.75, 3.05) is 13.2 Å². The minimum absolute atomic E-state index is 0.184. The van der Waals surface area contributed by atoms with Crippen molar-refractivity contribution in [3.63, 3.8) is 0 Å². The van der Waals surface area contributed by atoms with Crippen molar-refractivity contribution >= 4 is 14.0 Å². The third kappa shape index (κ3) is 7.65. The molecular formula is C12H24O3Si. The number of hydrogen-bond acceptors (Lipinski definition) is 3. The lowest BCUT2D eigenvalue weighted by Gasteiger charge is -2.13. The molecule has 0 fully saturated rings. The summed E-state index contributed by atoms with van der Waals surface area (Å²) in [5, 5.41) is 8.73. The first-order valence-corrected chi connectivity index (χ1v) is 9.48. The monoisotopic (exact) mass is 244 g/mol. The van der Waals surface area contributed by atoms with Crippen LogP contribution >= 0.6 is 0 Å². The quantitative estimate of drug-likeness (QED) is 0.324. The topological polar surface area (TPSA) is 46.5 Å². The van der Waals surface area contributed by atoms with Gasteiger partial charge < -0.3 is 9.84 Å². The number of hydrogen-bond donors (Lipinski definition) is 1. The van der Waals surface area contributed by atoms with Crippen LogP contribution in [0.25, 0.3) is 0 Å². The fourth-order valence-corrected chi connectivity index (χ4v) is 2.71. The Balaban J connectivity index is 4.51. The second-order valence-corrected chi connectivity index (χ2v) is 9.96. The van der Waals surface area contributed by atoms with E-state index in [0.29, 0.717) is 13.0 Å². The predicted octanol–water partition coefficient (Wildman–Crippen LogP) is 2.52. The maximum Gasteiger partial charge on any atom is 0.333 e. The van der Waals surface area contributed by atoms with Crippen molar-refractivity contribution in [3.05, 3.63) is 11.3 Å². The summed E-state index contributed by atoms with van der Waals surface area (Å²) >= 11 is 0. The second kappa shape index (κ2) is 7.63. The molecule has 94 valence electrons. The van der Waals surface area contributed by atoms with Crippen molar-refractivity contribution in [3.8, 4) is 0 Å². The first kappa shape index (κ1) is 15.4. The van der Waals surface area contributed by atoms with Crippen LogP contribution in [-0.2, 0) is 9.53 Å². The highest BCUT2D eigenvalue weighted by atomic mass is 28.3. The molecule has 0 aromatic rings. The smallest absolute Gasteiger partial charge is 0.333 e. The molecule has 0 unspecified atom stereocenters. The summed E-state index contributed by atoms with van der Waals surface area (Å²) in [6.45, 7) is 9.00. The van der Waals surface area contributed by atoms with Gasteiger partial charge in [-0.2, -0.15) is 0 Å². The Bertz CT molecular complexity index is 241. The Kier molecular flexibility index (Phi) is 7.33. The summed E-state index contributed by atoms with van der Waals surface area (Å²) in [6.07, 6.45) is 2.29. The molecule has 0 aliphatic heterocycles. The Morgan fingerprint density at radius 1 is 1.31 bits per heavy atom. The van der Waals surface area contributed by atoms with Crippen LogP contribution in [0.15, 0.2) is 11.3 Å². The lowest BCUT2D eigenvalue weighted by Crippen LogP contribution is -2.20. The minimum Gasteiger partial charge on any atom is -0.463 e. The van der Waals surface area contributed by atoms with Crippen LogP contribution in [0, 0.1) is 0 Å². The van der Waals surface area contributed by atoms with Crippen molar-refractivity contribution in [1.82, 2.24) is 0 Å². The Hall–Kier alpha value is -0.613. The van der Waals surface area contributed by atoms with E-state index >= 15 is 0 Å². The molecule has 0 aromatic heterocycles. The number of carbonyl (C=O) groups is 1. The van der Waals surface area contributed by atoms with Gasteiger partial charge in [0, 0.05) is 12.2 Å². The highest BCUT2D eigenvalue weighted by molar-refractivity contribution is 6.81. The maximum absolute atomic E-state index is 11.7. The normalized spacial score (nSPS) is 12.7. The number of aliphatic hydroxyl groups excluding tert-OH is 1. The average molecular weight is 244 g/mol. The van der Waals surface area contributed by atoms with Crippen molar-refractivity contribution < 1.29 is 14.6 Å². The Morgan fingerprint density at radius 2 is 1.94 bits per heavy atom. The fraction of sp³-hybridized carbons (Fsp3) is 0.750. The third-order valence-electron chi connectivity index (χ3n) is 2.00. The molecule has 0 saturated heterocycles. The molecule has 0 rings (SSSR count). The van der Waals surface area contributed by atoms with Crippen LogP contribution in [0.3, 0.4) is 0 Å². The molecule has 0 atom stereocenters. The van der Waals surface area contributed by atoms with Crippen LogP contribution in [0.1, 0.15) is 26.2 Å². The van der Waals surface area contributed by atoms with E-state index in [1.165, 1.54) is 0 Å². The molecule has 0 saturated carbocycles. The van der Waals surface area contributed by atoms with Gasteiger partial charge in [0.2, 0.25) is 0 Å². The van der Waals surface area contributed by atoms with Gasteiger partial charge in [-0.3, -0.25) is 0 Å².